The Hall–Kier alpha value is -2.53. The van der Waals surface area contributed by atoms with Crippen LogP contribution in [0.15, 0.2) is 54.6 Å². The van der Waals surface area contributed by atoms with Gasteiger partial charge in [0.05, 0.1) is 0 Å². The van der Waals surface area contributed by atoms with Gasteiger partial charge in [-0.1, -0.05) is 44.2 Å². The van der Waals surface area contributed by atoms with Crippen molar-refractivity contribution in [2.75, 3.05) is 19.6 Å². The molecule has 0 radical (unpaired) electrons. The van der Waals surface area contributed by atoms with Gasteiger partial charge in [-0.25, -0.2) is 4.39 Å². The molecule has 1 unspecified atom stereocenters. The van der Waals surface area contributed by atoms with Gasteiger partial charge >= 0.3 is 5.97 Å². The molecule has 2 aromatic carbocycles. The van der Waals surface area contributed by atoms with E-state index in [9.17, 15) is 14.0 Å². The lowest BCUT2D eigenvalue weighted by Gasteiger charge is -2.46. The van der Waals surface area contributed by atoms with Crippen molar-refractivity contribution in [1.82, 2.24) is 4.90 Å². The van der Waals surface area contributed by atoms with Gasteiger partial charge in [-0.2, -0.15) is 0 Å². The first-order chi connectivity index (χ1) is 14.4. The maximum Gasteiger partial charge on any atom is 0.306 e. The van der Waals surface area contributed by atoms with Gasteiger partial charge in [0.1, 0.15) is 11.4 Å². The third-order valence-corrected chi connectivity index (χ3v) is 6.02. The molecule has 0 saturated carbocycles. The zero-order chi connectivity index (χ0) is 21.6. The Balaban J connectivity index is 1.59. The molecular formula is C25H30FNO3. The molecule has 1 fully saturated rings. The van der Waals surface area contributed by atoms with Crippen LogP contribution in [0.4, 0.5) is 4.39 Å². The molecule has 2 aromatic rings. The number of ketones is 1. The Morgan fingerprint density at radius 1 is 1.13 bits per heavy atom. The Kier molecular flexibility index (Phi) is 7.38. The molecule has 0 amide bonds. The molecule has 1 aliphatic heterocycles. The van der Waals surface area contributed by atoms with Crippen LogP contribution in [0.5, 0.6) is 0 Å². The van der Waals surface area contributed by atoms with E-state index < -0.39 is 5.60 Å². The Morgan fingerprint density at radius 3 is 2.47 bits per heavy atom. The van der Waals surface area contributed by atoms with Crippen LogP contribution in [-0.4, -0.2) is 36.3 Å². The highest BCUT2D eigenvalue weighted by Crippen LogP contribution is 2.41. The SMILES string of the molecule is CCC(=O)OC1(c2ccccc2)CCN(CCCC(=O)c2ccc(F)cc2)C[C@H]1C. The predicted molar refractivity (Wildman–Crippen MR) is 115 cm³/mol. The highest BCUT2D eigenvalue weighted by molar-refractivity contribution is 5.95. The Labute approximate surface area is 178 Å². The lowest BCUT2D eigenvalue weighted by atomic mass is 9.76. The molecule has 5 heteroatoms. The Bertz CT molecular complexity index is 852. The van der Waals surface area contributed by atoms with Crippen LogP contribution < -0.4 is 0 Å². The molecule has 0 aromatic heterocycles. The Morgan fingerprint density at radius 2 is 1.83 bits per heavy atom. The summed E-state index contributed by atoms with van der Waals surface area (Å²) < 4.78 is 19.1. The van der Waals surface area contributed by atoms with Crippen LogP contribution >= 0.6 is 0 Å². The summed E-state index contributed by atoms with van der Waals surface area (Å²) in [5.74, 6) is -0.337. The van der Waals surface area contributed by atoms with Crippen molar-refractivity contribution < 1.29 is 18.7 Å². The summed E-state index contributed by atoms with van der Waals surface area (Å²) in [5, 5.41) is 0. The van der Waals surface area contributed by atoms with E-state index in [1.165, 1.54) is 24.3 Å². The highest BCUT2D eigenvalue weighted by atomic mass is 19.1. The number of likely N-dealkylation sites (tertiary alicyclic amines) is 1. The lowest BCUT2D eigenvalue weighted by Crippen LogP contribution is -2.51. The number of hydrogen-bond acceptors (Lipinski definition) is 4. The van der Waals surface area contributed by atoms with Gasteiger partial charge in [0, 0.05) is 43.8 Å². The van der Waals surface area contributed by atoms with Crippen molar-refractivity contribution >= 4 is 11.8 Å². The van der Waals surface area contributed by atoms with Crippen molar-refractivity contribution in [2.24, 2.45) is 5.92 Å². The summed E-state index contributed by atoms with van der Waals surface area (Å²) in [6.07, 6.45) is 2.27. The number of carbonyl (C=O) groups is 2. The topological polar surface area (TPSA) is 46.6 Å². The summed E-state index contributed by atoms with van der Waals surface area (Å²) in [6, 6.07) is 15.7. The van der Waals surface area contributed by atoms with Crippen molar-refractivity contribution in [3.8, 4) is 0 Å². The minimum atomic E-state index is -0.602. The van der Waals surface area contributed by atoms with Crippen LogP contribution in [-0.2, 0) is 15.1 Å². The zero-order valence-electron chi connectivity index (χ0n) is 17.8. The highest BCUT2D eigenvalue weighted by Gasteiger charge is 2.45. The van der Waals surface area contributed by atoms with Crippen molar-refractivity contribution in [3.63, 3.8) is 0 Å². The molecule has 0 bridgehead atoms. The maximum absolute atomic E-state index is 13.0. The van der Waals surface area contributed by atoms with E-state index in [4.69, 9.17) is 4.74 Å². The summed E-state index contributed by atoms with van der Waals surface area (Å²) in [7, 11) is 0. The first-order valence-corrected chi connectivity index (χ1v) is 10.7. The normalized spacial score (nSPS) is 21.9. The average Bonchev–Trinajstić information content (AvgIpc) is 2.76. The number of carbonyl (C=O) groups excluding carboxylic acids is 2. The minimum Gasteiger partial charge on any atom is -0.454 e. The van der Waals surface area contributed by atoms with Crippen molar-refractivity contribution in [3.05, 3.63) is 71.5 Å². The number of hydrogen-bond donors (Lipinski definition) is 0. The molecule has 30 heavy (non-hydrogen) atoms. The van der Waals surface area contributed by atoms with Gasteiger partial charge in [0.15, 0.2) is 5.78 Å². The number of rotatable bonds is 8. The lowest BCUT2D eigenvalue weighted by molar-refractivity contribution is -0.175. The molecule has 4 nitrogen and oxygen atoms in total. The van der Waals surface area contributed by atoms with Gasteiger partial charge in [-0.15, -0.1) is 0 Å². The van der Waals surface area contributed by atoms with E-state index in [-0.39, 0.29) is 23.5 Å². The number of piperidine rings is 1. The fraction of sp³-hybridized carbons (Fsp3) is 0.440. The quantitative estimate of drug-likeness (QED) is 0.454. The molecule has 0 aliphatic carbocycles. The molecule has 2 atom stereocenters. The molecule has 3 rings (SSSR count). The van der Waals surface area contributed by atoms with Gasteiger partial charge in [-0.3, -0.25) is 9.59 Å². The summed E-state index contributed by atoms with van der Waals surface area (Å²) in [5.41, 5.74) is 0.998. The monoisotopic (exact) mass is 411 g/mol. The first-order valence-electron chi connectivity index (χ1n) is 10.7. The summed E-state index contributed by atoms with van der Waals surface area (Å²) in [6.45, 7) is 6.37. The number of benzene rings is 2. The number of nitrogens with zero attached hydrogens (tertiary/aromatic N) is 1. The maximum atomic E-state index is 13.0. The van der Waals surface area contributed by atoms with E-state index in [2.05, 4.69) is 11.8 Å². The van der Waals surface area contributed by atoms with Gasteiger partial charge in [0.2, 0.25) is 0 Å². The summed E-state index contributed by atoms with van der Waals surface area (Å²) >= 11 is 0. The number of halogens is 1. The number of Topliss-reactive ketones (excluding diaryl/α,β-unsaturated/α-hetero) is 1. The molecule has 1 aliphatic rings. The number of esters is 1. The van der Waals surface area contributed by atoms with E-state index in [1.54, 1.807) is 0 Å². The van der Waals surface area contributed by atoms with Crippen molar-refractivity contribution in [1.29, 1.82) is 0 Å². The van der Waals surface area contributed by atoms with Gasteiger partial charge < -0.3 is 9.64 Å². The van der Waals surface area contributed by atoms with E-state index in [1.807, 2.05) is 37.3 Å². The van der Waals surface area contributed by atoms with Crippen LogP contribution in [0.2, 0.25) is 0 Å². The second-order valence-electron chi connectivity index (χ2n) is 8.07. The van der Waals surface area contributed by atoms with Crippen LogP contribution in [0, 0.1) is 11.7 Å². The van der Waals surface area contributed by atoms with E-state index >= 15 is 0 Å². The van der Waals surface area contributed by atoms with Crippen LogP contribution in [0.25, 0.3) is 0 Å². The van der Waals surface area contributed by atoms with Crippen LogP contribution in [0.1, 0.15) is 55.5 Å². The second kappa shape index (κ2) is 9.98. The fourth-order valence-corrected chi connectivity index (χ4v) is 4.28. The summed E-state index contributed by atoms with van der Waals surface area (Å²) in [4.78, 5) is 26.8. The second-order valence-corrected chi connectivity index (χ2v) is 8.07. The largest absolute Gasteiger partial charge is 0.454 e. The molecule has 1 saturated heterocycles. The minimum absolute atomic E-state index is 0.0376. The standard InChI is InChI=1S/C25H30FNO3/c1-3-24(29)30-25(21-8-5-4-6-9-21)15-17-27(18-19(25)2)16-7-10-23(28)20-11-13-22(26)14-12-20/h4-6,8-9,11-14,19H,3,7,10,15-18H2,1-2H3/t19-,25?/m1/s1. The molecular weight excluding hydrogens is 381 g/mol. The smallest absolute Gasteiger partial charge is 0.306 e. The van der Waals surface area contributed by atoms with Crippen LogP contribution in [0.3, 0.4) is 0 Å². The first kappa shape index (κ1) is 22.2. The van der Waals surface area contributed by atoms with Crippen molar-refractivity contribution in [2.45, 2.75) is 45.1 Å². The van der Waals surface area contributed by atoms with E-state index in [0.717, 1.165) is 38.0 Å². The fourth-order valence-electron chi connectivity index (χ4n) is 4.28. The average molecular weight is 412 g/mol. The van der Waals surface area contributed by atoms with Gasteiger partial charge in [0.25, 0.3) is 0 Å². The molecule has 0 spiro atoms. The third-order valence-electron chi connectivity index (χ3n) is 6.02. The van der Waals surface area contributed by atoms with E-state index in [0.29, 0.717) is 18.4 Å². The van der Waals surface area contributed by atoms with Gasteiger partial charge in [-0.05, 0) is 42.8 Å². The zero-order valence-corrected chi connectivity index (χ0v) is 17.8. The number of ether oxygens (including phenoxy) is 1. The molecule has 0 N–H and O–H groups in total. The molecule has 160 valence electrons. The molecule has 1 heterocycles. The predicted octanol–water partition coefficient (Wildman–Crippen LogP) is 4.98. The third kappa shape index (κ3) is 5.14.